The van der Waals surface area contributed by atoms with E-state index in [4.69, 9.17) is 0 Å². The topological polar surface area (TPSA) is 27.3 Å². The zero-order chi connectivity index (χ0) is 9.97. The molecule has 90 valence electrons. The van der Waals surface area contributed by atoms with Crippen molar-refractivity contribution >= 4 is 12.4 Å². The minimum Gasteiger partial charge on any atom is -0.314 e. The fraction of sp³-hybridized carbons (Fsp3) is 1.00. The second-order valence-electron chi connectivity index (χ2n) is 4.85. The highest BCUT2D eigenvalue weighted by molar-refractivity contribution is 5.85. The van der Waals surface area contributed by atoms with Crippen LogP contribution in [0.1, 0.15) is 26.7 Å². The average molecular weight is 234 g/mol. The van der Waals surface area contributed by atoms with E-state index >= 15 is 0 Å². The van der Waals surface area contributed by atoms with Gasteiger partial charge in [-0.2, -0.15) is 0 Å². The first-order valence-corrected chi connectivity index (χ1v) is 5.97. The van der Waals surface area contributed by atoms with Gasteiger partial charge in [-0.1, -0.05) is 0 Å². The van der Waals surface area contributed by atoms with Crippen molar-refractivity contribution in [1.29, 1.82) is 0 Å². The first-order valence-electron chi connectivity index (χ1n) is 5.97. The molecule has 0 spiro atoms. The fourth-order valence-corrected chi connectivity index (χ4v) is 2.70. The maximum atomic E-state index is 3.58. The standard InChI is InChI=1S/C11H23N3.ClH/c1-9-6-12-7-10(2)14(9)8-11-4-3-5-13-11;/h9-13H,3-8H2,1-2H3;1H/t9?,10?,11-;/m0./s1. The van der Waals surface area contributed by atoms with E-state index in [0.29, 0.717) is 12.1 Å². The number of nitrogens with one attached hydrogen (secondary N) is 2. The number of hydrogen-bond donors (Lipinski definition) is 2. The number of nitrogens with zero attached hydrogens (tertiary/aromatic N) is 1. The molecular formula is C11H24ClN3. The van der Waals surface area contributed by atoms with Gasteiger partial charge in [0.05, 0.1) is 0 Å². The van der Waals surface area contributed by atoms with Gasteiger partial charge >= 0.3 is 0 Å². The summed E-state index contributed by atoms with van der Waals surface area (Å²) in [5, 5.41) is 7.06. The van der Waals surface area contributed by atoms with Crippen molar-refractivity contribution in [3.63, 3.8) is 0 Å². The monoisotopic (exact) mass is 233 g/mol. The van der Waals surface area contributed by atoms with Gasteiger partial charge in [0.2, 0.25) is 0 Å². The van der Waals surface area contributed by atoms with Crippen LogP contribution in [0.25, 0.3) is 0 Å². The summed E-state index contributed by atoms with van der Waals surface area (Å²) in [6.45, 7) is 9.42. The summed E-state index contributed by atoms with van der Waals surface area (Å²) in [4.78, 5) is 2.65. The minimum absolute atomic E-state index is 0. The molecule has 0 aromatic carbocycles. The highest BCUT2D eigenvalue weighted by atomic mass is 35.5. The van der Waals surface area contributed by atoms with Gasteiger partial charge in [-0.05, 0) is 33.2 Å². The normalized spacial score (nSPS) is 37.6. The van der Waals surface area contributed by atoms with Crippen molar-refractivity contribution in [2.24, 2.45) is 0 Å². The maximum absolute atomic E-state index is 3.58. The SMILES string of the molecule is CC1CNCC(C)N1C[C@@H]1CCCN1.Cl. The summed E-state index contributed by atoms with van der Waals surface area (Å²) in [6.07, 6.45) is 2.73. The van der Waals surface area contributed by atoms with Crippen LogP contribution in [0.4, 0.5) is 0 Å². The Labute approximate surface area is 99.4 Å². The third-order valence-electron chi connectivity index (χ3n) is 3.61. The lowest BCUT2D eigenvalue weighted by Crippen LogP contribution is -2.57. The molecule has 2 fully saturated rings. The molecule has 2 unspecified atom stereocenters. The molecule has 3 atom stereocenters. The molecule has 2 rings (SSSR count). The maximum Gasteiger partial charge on any atom is 0.0196 e. The van der Waals surface area contributed by atoms with Crippen LogP contribution in [0, 0.1) is 0 Å². The minimum atomic E-state index is 0. The Balaban J connectivity index is 0.00000112. The van der Waals surface area contributed by atoms with E-state index in [1.807, 2.05) is 0 Å². The Morgan fingerprint density at radius 2 is 1.87 bits per heavy atom. The van der Waals surface area contributed by atoms with E-state index in [2.05, 4.69) is 29.4 Å². The zero-order valence-electron chi connectivity index (χ0n) is 9.83. The van der Waals surface area contributed by atoms with Gasteiger partial charge in [-0.3, -0.25) is 4.90 Å². The van der Waals surface area contributed by atoms with Crippen LogP contribution < -0.4 is 10.6 Å². The van der Waals surface area contributed by atoms with Gasteiger partial charge in [-0.25, -0.2) is 0 Å². The molecule has 0 radical (unpaired) electrons. The molecule has 15 heavy (non-hydrogen) atoms. The fourth-order valence-electron chi connectivity index (χ4n) is 2.70. The van der Waals surface area contributed by atoms with Crippen LogP contribution in [0.3, 0.4) is 0 Å². The zero-order valence-corrected chi connectivity index (χ0v) is 10.6. The smallest absolute Gasteiger partial charge is 0.0196 e. The predicted octanol–water partition coefficient (Wildman–Crippen LogP) is 0.842. The summed E-state index contributed by atoms with van der Waals surface area (Å²) >= 11 is 0. The van der Waals surface area contributed by atoms with Crippen molar-refractivity contribution in [3.8, 4) is 0 Å². The molecular weight excluding hydrogens is 210 g/mol. The molecule has 3 nitrogen and oxygen atoms in total. The van der Waals surface area contributed by atoms with E-state index in [1.165, 1.54) is 25.9 Å². The van der Waals surface area contributed by atoms with Crippen LogP contribution >= 0.6 is 12.4 Å². The van der Waals surface area contributed by atoms with E-state index < -0.39 is 0 Å². The molecule has 4 heteroatoms. The van der Waals surface area contributed by atoms with Gasteiger partial charge in [0.25, 0.3) is 0 Å². The highest BCUT2D eigenvalue weighted by Crippen LogP contribution is 2.14. The lowest BCUT2D eigenvalue weighted by Gasteiger charge is -2.40. The number of piperazine rings is 1. The molecule has 0 aromatic heterocycles. The van der Waals surface area contributed by atoms with Crippen molar-refractivity contribution in [1.82, 2.24) is 15.5 Å². The van der Waals surface area contributed by atoms with Crippen LogP contribution in [0.15, 0.2) is 0 Å². The van der Waals surface area contributed by atoms with Gasteiger partial charge in [0.1, 0.15) is 0 Å². The molecule has 2 N–H and O–H groups in total. The van der Waals surface area contributed by atoms with Crippen LogP contribution in [-0.4, -0.2) is 49.2 Å². The largest absolute Gasteiger partial charge is 0.314 e. The van der Waals surface area contributed by atoms with Crippen molar-refractivity contribution < 1.29 is 0 Å². The van der Waals surface area contributed by atoms with Gasteiger partial charge in [0.15, 0.2) is 0 Å². The molecule has 0 aliphatic carbocycles. The Bertz CT molecular complexity index is 173. The lowest BCUT2D eigenvalue weighted by atomic mass is 10.1. The third kappa shape index (κ3) is 3.31. The Kier molecular flexibility index (Phi) is 5.33. The van der Waals surface area contributed by atoms with Crippen molar-refractivity contribution in [2.75, 3.05) is 26.2 Å². The molecule has 2 aliphatic rings. The van der Waals surface area contributed by atoms with E-state index in [1.54, 1.807) is 0 Å². The Morgan fingerprint density at radius 1 is 1.20 bits per heavy atom. The summed E-state index contributed by atoms with van der Waals surface area (Å²) < 4.78 is 0. The van der Waals surface area contributed by atoms with E-state index in [-0.39, 0.29) is 12.4 Å². The quantitative estimate of drug-likeness (QED) is 0.741. The summed E-state index contributed by atoms with van der Waals surface area (Å²) in [5.41, 5.74) is 0. The highest BCUT2D eigenvalue weighted by Gasteiger charge is 2.27. The summed E-state index contributed by atoms with van der Waals surface area (Å²) in [6, 6.07) is 2.14. The molecule has 0 saturated carbocycles. The van der Waals surface area contributed by atoms with Crippen LogP contribution in [0.5, 0.6) is 0 Å². The molecule has 2 heterocycles. The van der Waals surface area contributed by atoms with Crippen LogP contribution in [0.2, 0.25) is 0 Å². The van der Waals surface area contributed by atoms with Gasteiger partial charge < -0.3 is 10.6 Å². The molecule has 2 aliphatic heterocycles. The van der Waals surface area contributed by atoms with E-state index in [9.17, 15) is 0 Å². The first kappa shape index (κ1) is 13.2. The molecule has 0 aromatic rings. The first-order chi connectivity index (χ1) is 6.77. The van der Waals surface area contributed by atoms with Crippen LogP contribution in [-0.2, 0) is 0 Å². The van der Waals surface area contributed by atoms with Gasteiger partial charge in [-0.15, -0.1) is 12.4 Å². The second kappa shape index (κ2) is 6.04. The predicted molar refractivity (Wildman–Crippen MR) is 66.8 cm³/mol. The number of rotatable bonds is 2. The number of halogens is 1. The Hall–Kier alpha value is 0.170. The number of hydrogen-bond acceptors (Lipinski definition) is 3. The Morgan fingerprint density at radius 3 is 2.40 bits per heavy atom. The molecule has 0 amide bonds. The summed E-state index contributed by atoms with van der Waals surface area (Å²) in [5.74, 6) is 0. The molecule has 2 saturated heterocycles. The van der Waals surface area contributed by atoms with Crippen molar-refractivity contribution in [3.05, 3.63) is 0 Å². The molecule has 0 bridgehead atoms. The van der Waals surface area contributed by atoms with E-state index in [0.717, 1.165) is 19.1 Å². The van der Waals surface area contributed by atoms with Gasteiger partial charge in [0, 0.05) is 37.8 Å². The second-order valence-corrected chi connectivity index (χ2v) is 4.85. The van der Waals surface area contributed by atoms with Crippen molar-refractivity contribution in [2.45, 2.75) is 44.8 Å². The average Bonchev–Trinajstić information content (AvgIpc) is 2.64. The summed E-state index contributed by atoms with van der Waals surface area (Å²) in [7, 11) is 0. The lowest BCUT2D eigenvalue weighted by molar-refractivity contribution is 0.106. The third-order valence-corrected chi connectivity index (χ3v) is 3.61.